The molecule has 2 aliphatic heterocycles. The van der Waals surface area contributed by atoms with Crippen LogP contribution in [-0.4, -0.2) is 61.2 Å². The summed E-state index contributed by atoms with van der Waals surface area (Å²) in [5.41, 5.74) is 5.81. The molecule has 1 aromatic heterocycles. The van der Waals surface area contributed by atoms with Gasteiger partial charge in [-0.2, -0.15) is 0 Å². The van der Waals surface area contributed by atoms with Crippen LogP contribution in [-0.2, 0) is 27.3 Å². The summed E-state index contributed by atoms with van der Waals surface area (Å²) in [6.07, 6.45) is 5.62. The summed E-state index contributed by atoms with van der Waals surface area (Å²) in [7, 11) is 3.02. The predicted octanol–water partition coefficient (Wildman–Crippen LogP) is 4.68. The minimum absolute atomic E-state index is 0.286. The van der Waals surface area contributed by atoms with Crippen molar-refractivity contribution >= 4 is 40.1 Å². The Morgan fingerprint density at radius 3 is 2.55 bits per heavy atom. The molecule has 1 N–H and O–H groups in total. The quantitative estimate of drug-likeness (QED) is 0.442. The summed E-state index contributed by atoms with van der Waals surface area (Å²) in [5.74, 6) is 0.202. The highest BCUT2D eigenvalue weighted by Crippen LogP contribution is 2.47. The van der Waals surface area contributed by atoms with E-state index in [1.54, 1.807) is 20.1 Å². The lowest BCUT2D eigenvalue weighted by Crippen LogP contribution is -2.52. The smallest absolute Gasteiger partial charge is 0.268 e. The van der Waals surface area contributed by atoms with E-state index < -0.39 is 29.6 Å². The van der Waals surface area contributed by atoms with Gasteiger partial charge in [0.05, 0.1) is 19.3 Å². The van der Waals surface area contributed by atoms with Crippen molar-refractivity contribution in [2.45, 2.75) is 70.9 Å². The van der Waals surface area contributed by atoms with E-state index in [1.807, 2.05) is 36.4 Å². The van der Waals surface area contributed by atoms with E-state index in [2.05, 4.69) is 9.88 Å². The molecular formula is C31H35N4O6S-. The number of carbonyl (C=O) groups is 2. The van der Waals surface area contributed by atoms with E-state index in [4.69, 9.17) is 9.47 Å². The van der Waals surface area contributed by atoms with Gasteiger partial charge in [-0.1, -0.05) is 25.3 Å². The number of hydrogen-bond donors (Lipinski definition) is 1. The third kappa shape index (κ3) is 4.94. The summed E-state index contributed by atoms with van der Waals surface area (Å²) in [6.45, 7) is 3.43. The largest absolute Gasteiger partial charge is 0.758 e. The molecule has 1 aliphatic carbocycles. The summed E-state index contributed by atoms with van der Waals surface area (Å²) < 4.78 is 38.9. The molecule has 1 fully saturated rings. The number of nitrogens with zero attached hydrogens (tertiary/aromatic N) is 3. The maximum absolute atomic E-state index is 13.8. The predicted molar refractivity (Wildman–Crippen MR) is 159 cm³/mol. The van der Waals surface area contributed by atoms with Crippen molar-refractivity contribution in [1.29, 1.82) is 0 Å². The van der Waals surface area contributed by atoms with Gasteiger partial charge in [-0.3, -0.25) is 18.8 Å². The molecule has 222 valence electrons. The van der Waals surface area contributed by atoms with Crippen molar-refractivity contribution in [1.82, 2.24) is 19.3 Å². The van der Waals surface area contributed by atoms with E-state index in [9.17, 15) is 18.4 Å². The van der Waals surface area contributed by atoms with Gasteiger partial charge in [0.2, 0.25) is 0 Å². The number of ether oxygens (including phenoxy) is 2. The number of hydrogen-bond acceptors (Lipinski definition) is 6. The summed E-state index contributed by atoms with van der Waals surface area (Å²) in [4.78, 5) is 27.5. The van der Waals surface area contributed by atoms with Crippen LogP contribution in [0.2, 0.25) is 0 Å². The highest BCUT2D eigenvalue weighted by Gasteiger charge is 2.33. The Labute approximate surface area is 247 Å². The van der Waals surface area contributed by atoms with E-state index in [-0.39, 0.29) is 12.5 Å². The molecule has 11 heteroatoms. The van der Waals surface area contributed by atoms with Crippen LogP contribution in [0.3, 0.4) is 0 Å². The third-order valence-electron chi connectivity index (χ3n) is 8.62. The van der Waals surface area contributed by atoms with E-state index >= 15 is 0 Å². The number of rotatable bonds is 3. The van der Waals surface area contributed by atoms with E-state index in [0.29, 0.717) is 22.8 Å². The Kier molecular flexibility index (Phi) is 7.69. The Balaban J connectivity index is 1.65. The number of nitrogens with one attached hydrogen (secondary N) is 1. The number of benzene rings is 2. The van der Waals surface area contributed by atoms with Gasteiger partial charge in [0.15, 0.2) is 0 Å². The fourth-order valence-corrected chi connectivity index (χ4v) is 7.28. The van der Waals surface area contributed by atoms with Crippen molar-refractivity contribution in [3.8, 4) is 17.0 Å². The molecular weight excluding hydrogens is 556 g/mol. The zero-order chi connectivity index (χ0) is 29.7. The maximum atomic E-state index is 13.8. The highest BCUT2D eigenvalue weighted by molar-refractivity contribution is 7.76. The van der Waals surface area contributed by atoms with Gasteiger partial charge >= 0.3 is 0 Å². The molecule has 3 unspecified atom stereocenters. The van der Waals surface area contributed by atoms with Gasteiger partial charge in [0, 0.05) is 45.9 Å². The molecule has 3 aliphatic rings. The minimum Gasteiger partial charge on any atom is -0.758 e. The monoisotopic (exact) mass is 591 g/mol. The van der Waals surface area contributed by atoms with Gasteiger partial charge in [-0.25, -0.2) is 0 Å². The first kappa shape index (κ1) is 28.6. The first-order chi connectivity index (χ1) is 20.2. The Hall–Kier alpha value is -3.51. The van der Waals surface area contributed by atoms with Crippen molar-refractivity contribution in [3.63, 3.8) is 0 Å². The fraction of sp³-hybridized carbons (Fsp3) is 0.419. The van der Waals surface area contributed by atoms with Crippen molar-refractivity contribution in [2.24, 2.45) is 0 Å². The Morgan fingerprint density at radius 1 is 1.07 bits per heavy atom. The second kappa shape index (κ2) is 11.3. The maximum Gasteiger partial charge on any atom is 0.268 e. The van der Waals surface area contributed by atoms with E-state index in [0.717, 1.165) is 62.8 Å². The summed E-state index contributed by atoms with van der Waals surface area (Å²) in [6, 6.07) is 11.5. The molecule has 0 saturated heterocycles. The molecule has 42 heavy (non-hydrogen) atoms. The van der Waals surface area contributed by atoms with Crippen molar-refractivity contribution in [2.75, 3.05) is 14.2 Å². The van der Waals surface area contributed by atoms with Crippen LogP contribution in [0, 0.1) is 0 Å². The minimum atomic E-state index is -2.81. The number of hydrazine groups is 1. The molecule has 3 heterocycles. The van der Waals surface area contributed by atoms with Crippen LogP contribution in [0.4, 0.5) is 0 Å². The molecule has 0 radical (unpaired) electrons. The molecule has 10 nitrogen and oxygen atoms in total. The topological polar surface area (TPSA) is 116 Å². The van der Waals surface area contributed by atoms with Gasteiger partial charge in [0.1, 0.15) is 18.2 Å². The Morgan fingerprint density at radius 2 is 1.83 bits per heavy atom. The molecule has 2 amide bonds. The van der Waals surface area contributed by atoms with Crippen LogP contribution >= 0.6 is 0 Å². The molecule has 6 rings (SSSR count). The lowest BCUT2D eigenvalue weighted by atomic mass is 9.81. The van der Waals surface area contributed by atoms with Gasteiger partial charge < -0.3 is 23.9 Å². The van der Waals surface area contributed by atoms with E-state index in [1.165, 1.54) is 26.0 Å². The van der Waals surface area contributed by atoms with Gasteiger partial charge in [0.25, 0.3) is 11.8 Å². The molecule has 1 saturated carbocycles. The first-order valence-electron chi connectivity index (χ1n) is 14.4. The van der Waals surface area contributed by atoms with Crippen LogP contribution in [0.25, 0.3) is 28.2 Å². The second-order valence-corrected chi connectivity index (χ2v) is 12.0. The SMILES string of the molecule is COc1ccc2c(c1)C=C1Cn3c-2c(C2CCCCC2)c2ccc(cc23)C(=O)N(C)N(S(=O)[O-])C(C)OC(C)NC1=O. The van der Waals surface area contributed by atoms with Crippen LogP contribution < -0.4 is 10.1 Å². The standard InChI is InChI=1S/C31H36N4O6S/c1-18-32-30(36)23-14-22-15-24(40-4)11-13-25(22)29-28(20-8-6-5-7-9-20)26-12-10-21(16-27(26)34(29)17-23)31(37)33(3)35(42(38)39)19(2)41-18/h10-16,18-20H,5-9,17H2,1-4H3,(H,32,36)(H,38,39)/p-1. The molecule has 3 atom stereocenters. The Bertz CT molecular complexity index is 1630. The lowest BCUT2D eigenvalue weighted by molar-refractivity contribution is -0.133. The fourth-order valence-electron chi connectivity index (χ4n) is 6.71. The average molecular weight is 592 g/mol. The zero-order valence-electron chi connectivity index (χ0n) is 24.2. The third-order valence-corrected chi connectivity index (χ3v) is 9.46. The summed E-state index contributed by atoms with van der Waals surface area (Å²) >= 11 is -2.81. The van der Waals surface area contributed by atoms with Gasteiger partial charge in [-0.05, 0) is 80.1 Å². The average Bonchev–Trinajstić information content (AvgIpc) is 3.18. The summed E-state index contributed by atoms with van der Waals surface area (Å²) in [5, 5.41) is 4.95. The zero-order valence-corrected chi connectivity index (χ0v) is 25.0. The van der Waals surface area contributed by atoms with Crippen molar-refractivity contribution in [3.05, 3.63) is 58.7 Å². The van der Waals surface area contributed by atoms with Crippen molar-refractivity contribution < 1.29 is 27.8 Å². The first-order valence-corrected chi connectivity index (χ1v) is 15.4. The number of carbonyl (C=O) groups excluding carboxylic acids is 2. The van der Waals surface area contributed by atoms with Crippen LogP contribution in [0.5, 0.6) is 5.75 Å². The number of methoxy groups -OCH3 is 1. The second-order valence-electron chi connectivity index (χ2n) is 11.2. The normalized spacial score (nSPS) is 22.9. The molecule has 4 bridgehead atoms. The van der Waals surface area contributed by atoms with Crippen LogP contribution in [0.15, 0.2) is 42.0 Å². The highest BCUT2D eigenvalue weighted by atomic mass is 32.2. The number of amides is 2. The van der Waals surface area contributed by atoms with Crippen LogP contribution in [0.1, 0.15) is 73.4 Å². The molecule has 3 aromatic rings. The van der Waals surface area contributed by atoms with Gasteiger partial charge in [-0.15, -0.1) is 4.41 Å². The molecule has 2 aromatic carbocycles. The lowest BCUT2D eigenvalue weighted by Gasteiger charge is -2.37. The number of fused-ring (bicyclic) bond motifs is 4. The molecule has 0 spiro atoms. The number of aromatic nitrogens is 1.